The Hall–Kier alpha value is -1.60. The van der Waals surface area contributed by atoms with Crippen LogP contribution in [0.5, 0.6) is 0 Å². The van der Waals surface area contributed by atoms with Crippen LogP contribution in [0.4, 0.5) is 0 Å². The van der Waals surface area contributed by atoms with Crippen molar-refractivity contribution in [2.24, 2.45) is 0 Å². The summed E-state index contributed by atoms with van der Waals surface area (Å²) in [5, 5.41) is 3.56. The van der Waals surface area contributed by atoms with E-state index in [9.17, 15) is 0 Å². The minimum Gasteiger partial charge on any atom is -0.306 e. The summed E-state index contributed by atoms with van der Waals surface area (Å²) in [5.74, 6) is 0. The Morgan fingerprint density at radius 2 is 1.59 bits per heavy atom. The molecule has 0 amide bonds. The van der Waals surface area contributed by atoms with Gasteiger partial charge in [0.25, 0.3) is 0 Å². The standard InChI is InChI=1S/C16H19N/c1-13-8-6-7-11-16(13)14(2)17-12-15-9-4-3-5-10-15/h3-11,14,17H,12H2,1-2H3/t14-/m0/s1. The summed E-state index contributed by atoms with van der Waals surface area (Å²) in [6.45, 7) is 5.29. The van der Waals surface area contributed by atoms with E-state index in [1.165, 1.54) is 16.7 Å². The predicted octanol–water partition coefficient (Wildman–Crippen LogP) is 3.85. The van der Waals surface area contributed by atoms with Crippen molar-refractivity contribution in [2.75, 3.05) is 0 Å². The molecule has 2 aromatic rings. The van der Waals surface area contributed by atoms with E-state index >= 15 is 0 Å². The molecule has 0 unspecified atom stereocenters. The van der Waals surface area contributed by atoms with Gasteiger partial charge in [0, 0.05) is 12.6 Å². The van der Waals surface area contributed by atoms with E-state index in [4.69, 9.17) is 0 Å². The molecule has 1 N–H and O–H groups in total. The number of nitrogens with one attached hydrogen (secondary N) is 1. The van der Waals surface area contributed by atoms with Crippen LogP contribution < -0.4 is 5.32 Å². The maximum atomic E-state index is 3.56. The molecule has 0 aliphatic heterocycles. The van der Waals surface area contributed by atoms with Gasteiger partial charge in [0.15, 0.2) is 0 Å². The average molecular weight is 225 g/mol. The van der Waals surface area contributed by atoms with Crippen molar-refractivity contribution in [3.05, 3.63) is 71.3 Å². The zero-order chi connectivity index (χ0) is 12.1. The molecule has 0 saturated carbocycles. The highest BCUT2D eigenvalue weighted by atomic mass is 14.9. The molecular formula is C16H19N. The second-order valence-electron chi connectivity index (χ2n) is 4.44. The molecule has 0 aliphatic rings. The van der Waals surface area contributed by atoms with Crippen LogP contribution >= 0.6 is 0 Å². The zero-order valence-corrected chi connectivity index (χ0v) is 10.5. The summed E-state index contributed by atoms with van der Waals surface area (Å²) in [4.78, 5) is 0. The Balaban J connectivity index is 1.99. The number of aryl methyl sites for hydroxylation is 1. The first-order valence-electron chi connectivity index (χ1n) is 6.10. The third kappa shape index (κ3) is 3.18. The van der Waals surface area contributed by atoms with Crippen LogP contribution in [0.3, 0.4) is 0 Å². The van der Waals surface area contributed by atoms with Gasteiger partial charge in [-0.25, -0.2) is 0 Å². The van der Waals surface area contributed by atoms with Gasteiger partial charge in [-0.3, -0.25) is 0 Å². The van der Waals surface area contributed by atoms with Gasteiger partial charge in [0.05, 0.1) is 0 Å². The van der Waals surface area contributed by atoms with E-state index in [1.54, 1.807) is 0 Å². The van der Waals surface area contributed by atoms with Gasteiger partial charge >= 0.3 is 0 Å². The lowest BCUT2D eigenvalue weighted by Gasteiger charge is -2.16. The molecule has 0 bridgehead atoms. The number of hydrogen-bond acceptors (Lipinski definition) is 1. The second-order valence-corrected chi connectivity index (χ2v) is 4.44. The van der Waals surface area contributed by atoms with Crippen LogP contribution in [0.15, 0.2) is 54.6 Å². The monoisotopic (exact) mass is 225 g/mol. The molecule has 1 atom stereocenters. The summed E-state index contributed by atoms with van der Waals surface area (Å²) >= 11 is 0. The smallest absolute Gasteiger partial charge is 0.0297 e. The Morgan fingerprint density at radius 1 is 0.941 bits per heavy atom. The van der Waals surface area contributed by atoms with Crippen LogP contribution in [-0.2, 0) is 6.54 Å². The minimum atomic E-state index is 0.386. The van der Waals surface area contributed by atoms with Gasteiger partial charge < -0.3 is 5.32 Å². The SMILES string of the molecule is Cc1ccccc1[C@H](C)NCc1ccccc1. The maximum absolute atomic E-state index is 3.56. The summed E-state index contributed by atoms with van der Waals surface area (Å²) in [6, 6.07) is 19.4. The van der Waals surface area contributed by atoms with E-state index in [-0.39, 0.29) is 0 Å². The largest absolute Gasteiger partial charge is 0.306 e. The van der Waals surface area contributed by atoms with Gasteiger partial charge in [-0.1, -0.05) is 54.6 Å². The predicted molar refractivity (Wildman–Crippen MR) is 72.9 cm³/mol. The highest BCUT2D eigenvalue weighted by molar-refractivity contribution is 5.28. The Bertz CT molecular complexity index is 462. The summed E-state index contributed by atoms with van der Waals surface area (Å²) in [6.07, 6.45) is 0. The molecule has 0 saturated heterocycles. The Labute approximate surface area is 103 Å². The fraction of sp³-hybridized carbons (Fsp3) is 0.250. The highest BCUT2D eigenvalue weighted by Crippen LogP contribution is 2.17. The lowest BCUT2D eigenvalue weighted by molar-refractivity contribution is 0.572. The Kier molecular flexibility index (Phi) is 3.94. The van der Waals surface area contributed by atoms with Crippen LogP contribution in [0, 0.1) is 6.92 Å². The van der Waals surface area contributed by atoms with Crippen molar-refractivity contribution in [1.29, 1.82) is 0 Å². The molecule has 17 heavy (non-hydrogen) atoms. The number of hydrogen-bond donors (Lipinski definition) is 1. The lowest BCUT2D eigenvalue weighted by Crippen LogP contribution is -2.18. The van der Waals surface area contributed by atoms with Gasteiger partial charge in [-0.15, -0.1) is 0 Å². The second kappa shape index (κ2) is 5.65. The fourth-order valence-electron chi connectivity index (χ4n) is 2.05. The average Bonchev–Trinajstić information content (AvgIpc) is 2.38. The fourth-order valence-corrected chi connectivity index (χ4v) is 2.05. The van der Waals surface area contributed by atoms with Gasteiger partial charge in [-0.2, -0.15) is 0 Å². The molecule has 0 spiro atoms. The van der Waals surface area contributed by atoms with Crippen molar-refractivity contribution >= 4 is 0 Å². The van der Waals surface area contributed by atoms with E-state index in [2.05, 4.69) is 67.7 Å². The van der Waals surface area contributed by atoms with Crippen molar-refractivity contribution in [3.8, 4) is 0 Å². The number of benzene rings is 2. The van der Waals surface area contributed by atoms with Gasteiger partial charge in [0.1, 0.15) is 0 Å². The Morgan fingerprint density at radius 3 is 2.29 bits per heavy atom. The minimum absolute atomic E-state index is 0.386. The molecular weight excluding hydrogens is 206 g/mol. The quantitative estimate of drug-likeness (QED) is 0.833. The molecule has 0 aromatic heterocycles. The summed E-state index contributed by atoms with van der Waals surface area (Å²) in [5.41, 5.74) is 4.05. The first-order valence-corrected chi connectivity index (χ1v) is 6.10. The van der Waals surface area contributed by atoms with Crippen molar-refractivity contribution in [3.63, 3.8) is 0 Å². The molecule has 88 valence electrons. The summed E-state index contributed by atoms with van der Waals surface area (Å²) in [7, 11) is 0. The van der Waals surface area contributed by atoms with E-state index in [1.807, 2.05) is 6.07 Å². The summed E-state index contributed by atoms with van der Waals surface area (Å²) < 4.78 is 0. The molecule has 1 nitrogen and oxygen atoms in total. The molecule has 0 heterocycles. The van der Waals surface area contributed by atoms with Crippen LogP contribution in [0.25, 0.3) is 0 Å². The topological polar surface area (TPSA) is 12.0 Å². The maximum Gasteiger partial charge on any atom is 0.0297 e. The third-order valence-corrected chi connectivity index (χ3v) is 3.11. The van der Waals surface area contributed by atoms with Crippen LogP contribution in [0.1, 0.15) is 29.7 Å². The van der Waals surface area contributed by atoms with Crippen molar-refractivity contribution < 1.29 is 0 Å². The molecule has 2 aromatic carbocycles. The first-order chi connectivity index (χ1) is 8.27. The van der Waals surface area contributed by atoms with E-state index in [0.717, 1.165) is 6.54 Å². The third-order valence-electron chi connectivity index (χ3n) is 3.11. The number of rotatable bonds is 4. The molecule has 0 aliphatic carbocycles. The van der Waals surface area contributed by atoms with Gasteiger partial charge in [-0.05, 0) is 30.5 Å². The lowest BCUT2D eigenvalue weighted by atomic mass is 10.0. The van der Waals surface area contributed by atoms with Crippen molar-refractivity contribution in [1.82, 2.24) is 5.32 Å². The van der Waals surface area contributed by atoms with E-state index in [0.29, 0.717) is 6.04 Å². The zero-order valence-electron chi connectivity index (χ0n) is 10.5. The molecule has 1 heteroatoms. The highest BCUT2D eigenvalue weighted by Gasteiger charge is 2.06. The van der Waals surface area contributed by atoms with Crippen LogP contribution in [0.2, 0.25) is 0 Å². The molecule has 0 radical (unpaired) electrons. The normalized spacial score (nSPS) is 12.4. The molecule has 0 fully saturated rings. The van der Waals surface area contributed by atoms with E-state index < -0.39 is 0 Å². The van der Waals surface area contributed by atoms with Crippen LogP contribution in [-0.4, -0.2) is 0 Å². The first kappa shape index (κ1) is 11.9. The van der Waals surface area contributed by atoms with Crippen molar-refractivity contribution in [2.45, 2.75) is 26.4 Å². The molecule has 2 rings (SSSR count). The van der Waals surface area contributed by atoms with Gasteiger partial charge in [0.2, 0.25) is 0 Å².